The van der Waals surface area contributed by atoms with Gasteiger partial charge in [-0.3, -0.25) is 0 Å². The zero-order valence-corrected chi connectivity index (χ0v) is 10.7. The van der Waals surface area contributed by atoms with Gasteiger partial charge in [0.25, 0.3) is 0 Å². The van der Waals surface area contributed by atoms with Crippen molar-refractivity contribution in [2.24, 2.45) is 0 Å². The van der Waals surface area contributed by atoms with Gasteiger partial charge in [-0.25, -0.2) is 4.79 Å². The second-order valence-corrected chi connectivity index (χ2v) is 4.19. The minimum atomic E-state index is -4.46. The average molecular weight is 300 g/mol. The maximum Gasteiger partial charge on any atom is 0.411 e. The van der Waals surface area contributed by atoms with E-state index in [1.54, 1.807) is 30.3 Å². The van der Waals surface area contributed by atoms with Crippen molar-refractivity contribution >= 4 is 16.7 Å². The highest BCUT2D eigenvalue weighted by atomic mass is 19.4. The zero-order chi connectivity index (χ0) is 15.5. The minimum absolute atomic E-state index is 0.0385. The van der Waals surface area contributed by atoms with Crippen LogP contribution < -0.4 is 4.74 Å². The Bertz CT molecular complexity index is 652. The van der Waals surface area contributed by atoms with Crippen molar-refractivity contribution in [2.45, 2.75) is 6.18 Å². The maximum absolute atomic E-state index is 11.9. The summed E-state index contributed by atoms with van der Waals surface area (Å²) in [5.41, 5.74) is -0.108. The summed E-state index contributed by atoms with van der Waals surface area (Å²) in [5, 5.41) is 10.4. The fraction of sp³-hybridized carbons (Fsp3) is 0.214. The second-order valence-electron chi connectivity index (χ2n) is 4.19. The molecule has 0 aliphatic carbocycles. The normalized spacial score (nSPS) is 11.6. The van der Waals surface area contributed by atoms with Gasteiger partial charge in [0.1, 0.15) is 17.9 Å². The molecule has 0 atom stereocenters. The number of alkyl halides is 3. The highest BCUT2D eigenvalue weighted by Gasteiger charge is 2.27. The molecule has 0 aliphatic heterocycles. The Morgan fingerprint density at radius 2 is 1.86 bits per heavy atom. The van der Waals surface area contributed by atoms with Crippen LogP contribution in [0.2, 0.25) is 0 Å². The molecular formula is C14H11F3O4. The molecule has 4 nitrogen and oxygen atoms in total. The fourth-order valence-electron chi connectivity index (χ4n) is 1.85. The summed E-state index contributed by atoms with van der Waals surface area (Å²) < 4.78 is 45.1. The molecule has 0 bridgehead atoms. The third kappa shape index (κ3) is 3.85. The van der Waals surface area contributed by atoms with Crippen LogP contribution >= 0.6 is 0 Å². The van der Waals surface area contributed by atoms with E-state index in [1.807, 2.05) is 0 Å². The maximum atomic E-state index is 11.9. The Balaban J connectivity index is 2.20. The fourth-order valence-corrected chi connectivity index (χ4v) is 1.85. The summed E-state index contributed by atoms with van der Waals surface area (Å²) in [6, 6.07) is 9.76. The average Bonchev–Trinajstić information content (AvgIpc) is 2.41. The van der Waals surface area contributed by atoms with Crippen molar-refractivity contribution in [2.75, 3.05) is 13.4 Å². The van der Waals surface area contributed by atoms with Gasteiger partial charge in [-0.1, -0.05) is 30.3 Å². The van der Waals surface area contributed by atoms with Crippen molar-refractivity contribution in [1.82, 2.24) is 0 Å². The molecule has 0 heterocycles. The predicted molar refractivity (Wildman–Crippen MR) is 68.4 cm³/mol. The lowest BCUT2D eigenvalue weighted by Gasteiger charge is -2.12. The van der Waals surface area contributed by atoms with Crippen molar-refractivity contribution in [1.29, 1.82) is 0 Å². The van der Waals surface area contributed by atoms with Crippen molar-refractivity contribution in [3.8, 4) is 5.75 Å². The van der Waals surface area contributed by atoms with Crippen molar-refractivity contribution in [3.63, 3.8) is 0 Å². The molecule has 2 aromatic carbocycles. The van der Waals surface area contributed by atoms with Gasteiger partial charge >= 0.3 is 12.1 Å². The van der Waals surface area contributed by atoms with Crippen LogP contribution in [0, 0.1) is 0 Å². The lowest BCUT2D eigenvalue weighted by molar-refractivity contribution is -0.186. The molecule has 21 heavy (non-hydrogen) atoms. The molecule has 2 rings (SSSR count). The number of rotatable bonds is 5. The van der Waals surface area contributed by atoms with Gasteiger partial charge in [0.15, 0.2) is 6.79 Å². The summed E-state index contributed by atoms with van der Waals surface area (Å²) in [6.07, 6.45) is -4.46. The number of carboxylic acids is 1. The van der Waals surface area contributed by atoms with E-state index in [0.29, 0.717) is 10.8 Å². The summed E-state index contributed by atoms with van der Waals surface area (Å²) >= 11 is 0. The zero-order valence-electron chi connectivity index (χ0n) is 10.7. The van der Waals surface area contributed by atoms with E-state index in [1.165, 1.54) is 6.07 Å². The van der Waals surface area contributed by atoms with E-state index in [9.17, 15) is 23.1 Å². The van der Waals surface area contributed by atoms with Crippen LogP contribution in [-0.4, -0.2) is 30.7 Å². The summed E-state index contributed by atoms with van der Waals surface area (Å²) in [4.78, 5) is 11.3. The number of hydrogen-bond acceptors (Lipinski definition) is 3. The van der Waals surface area contributed by atoms with Crippen molar-refractivity contribution in [3.05, 3.63) is 42.0 Å². The monoisotopic (exact) mass is 300 g/mol. The number of carboxylic acid groups (broad SMARTS) is 1. The Morgan fingerprint density at radius 1 is 1.14 bits per heavy atom. The van der Waals surface area contributed by atoms with Crippen LogP contribution in [0.4, 0.5) is 13.2 Å². The molecule has 0 unspecified atom stereocenters. The first-order chi connectivity index (χ1) is 9.88. The first-order valence-electron chi connectivity index (χ1n) is 5.91. The van der Waals surface area contributed by atoms with E-state index >= 15 is 0 Å². The molecule has 0 spiro atoms. The minimum Gasteiger partial charge on any atom is -0.478 e. The molecular weight excluding hydrogens is 289 g/mol. The van der Waals surface area contributed by atoms with Crippen LogP contribution in [0.15, 0.2) is 36.4 Å². The molecule has 0 aromatic heterocycles. The van der Waals surface area contributed by atoms with E-state index in [-0.39, 0.29) is 11.3 Å². The van der Waals surface area contributed by atoms with Crippen LogP contribution in [-0.2, 0) is 4.74 Å². The molecule has 1 N–H and O–H groups in total. The standard InChI is InChI=1S/C14H11F3O4/c15-14(16,17)7-20-8-21-11-6-5-9-3-1-2-4-10(9)12(11)13(18)19/h1-6H,7-8H2,(H,18,19). The topological polar surface area (TPSA) is 55.8 Å². The largest absolute Gasteiger partial charge is 0.478 e. The number of ether oxygens (including phenoxy) is 2. The predicted octanol–water partition coefficient (Wildman–Crippen LogP) is 3.45. The van der Waals surface area contributed by atoms with Crippen LogP contribution in [0.25, 0.3) is 10.8 Å². The summed E-state index contributed by atoms with van der Waals surface area (Å²) in [7, 11) is 0. The van der Waals surface area contributed by atoms with E-state index in [2.05, 4.69) is 4.74 Å². The van der Waals surface area contributed by atoms with Gasteiger partial charge in [-0.05, 0) is 16.8 Å². The first-order valence-corrected chi connectivity index (χ1v) is 5.91. The molecule has 2 aromatic rings. The molecule has 0 saturated heterocycles. The first kappa shape index (κ1) is 15.1. The van der Waals surface area contributed by atoms with Crippen molar-refractivity contribution < 1.29 is 32.5 Å². The van der Waals surface area contributed by atoms with Gasteiger partial charge in [0.2, 0.25) is 0 Å². The number of benzene rings is 2. The molecule has 0 saturated carbocycles. The highest BCUT2D eigenvalue weighted by Crippen LogP contribution is 2.28. The van der Waals surface area contributed by atoms with Gasteiger partial charge in [-0.15, -0.1) is 0 Å². The molecule has 0 amide bonds. The summed E-state index contributed by atoms with van der Waals surface area (Å²) in [6.45, 7) is -2.14. The van der Waals surface area contributed by atoms with Gasteiger partial charge in [-0.2, -0.15) is 13.2 Å². The lowest BCUT2D eigenvalue weighted by Crippen LogP contribution is -2.19. The molecule has 0 aliphatic rings. The Morgan fingerprint density at radius 3 is 2.52 bits per heavy atom. The number of halogens is 3. The van der Waals surface area contributed by atoms with Gasteiger partial charge in [0, 0.05) is 0 Å². The Labute approximate surface area is 117 Å². The molecule has 0 fully saturated rings. The number of fused-ring (bicyclic) bond motifs is 1. The van der Waals surface area contributed by atoms with E-state index < -0.39 is 25.5 Å². The second kappa shape index (κ2) is 6.01. The third-order valence-corrected chi connectivity index (χ3v) is 2.67. The number of hydrogen-bond donors (Lipinski definition) is 1. The Hall–Kier alpha value is -2.28. The van der Waals surface area contributed by atoms with Gasteiger partial charge in [0.05, 0.1) is 0 Å². The highest BCUT2D eigenvalue weighted by molar-refractivity contribution is 6.06. The SMILES string of the molecule is O=C(O)c1c(OCOCC(F)(F)F)ccc2ccccc12. The van der Waals surface area contributed by atoms with E-state index in [4.69, 9.17) is 4.74 Å². The molecule has 0 radical (unpaired) electrons. The Kier molecular flexibility index (Phi) is 4.32. The third-order valence-electron chi connectivity index (χ3n) is 2.67. The lowest BCUT2D eigenvalue weighted by atomic mass is 10.0. The van der Waals surface area contributed by atoms with Crippen LogP contribution in [0.3, 0.4) is 0 Å². The quantitative estimate of drug-likeness (QED) is 0.678. The van der Waals surface area contributed by atoms with Crippen LogP contribution in [0.5, 0.6) is 5.75 Å². The molecule has 112 valence electrons. The molecule has 7 heteroatoms. The van der Waals surface area contributed by atoms with E-state index in [0.717, 1.165) is 0 Å². The van der Waals surface area contributed by atoms with Crippen LogP contribution in [0.1, 0.15) is 10.4 Å². The number of carbonyl (C=O) groups is 1. The van der Waals surface area contributed by atoms with Gasteiger partial charge < -0.3 is 14.6 Å². The smallest absolute Gasteiger partial charge is 0.411 e. The number of aromatic carboxylic acids is 1. The summed E-state index contributed by atoms with van der Waals surface area (Å²) in [5.74, 6) is -1.26.